The molecule has 1 aliphatic heterocycles. The van der Waals surface area contributed by atoms with E-state index in [1.165, 1.54) is 11.1 Å². The summed E-state index contributed by atoms with van der Waals surface area (Å²) in [5.74, 6) is 0. The van der Waals surface area contributed by atoms with Crippen molar-refractivity contribution >= 4 is 45.2 Å². The molecule has 0 unspecified atom stereocenters. The summed E-state index contributed by atoms with van der Waals surface area (Å²) in [5, 5.41) is 24.1. The molecule has 122 valence electrons. The topological polar surface area (TPSA) is 138 Å². The van der Waals surface area contributed by atoms with Crippen LogP contribution >= 0.6 is 34.2 Å². The Morgan fingerprint density at radius 1 is 1.48 bits per heavy atom. The standard InChI is InChI=1S/C11H10ClIN6O4/c12-9-6-4(13)2-19(10(6)16-3-15-9)23-11-8(21)7(20)5(22-11)1-17-18-14/h2-3,5,7-8,11,20-21H,1H2/t5-,7-,8-,11+/m1/s1. The van der Waals surface area contributed by atoms with Gasteiger partial charge in [0.25, 0.3) is 6.29 Å². The van der Waals surface area contributed by atoms with Gasteiger partial charge < -0.3 is 19.8 Å². The van der Waals surface area contributed by atoms with E-state index in [0.717, 1.165) is 3.57 Å². The smallest absolute Gasteiger partial charge is 0.254 e. The number of rotatable bonds is 4. The SMILES string of the molecule is [N-]=[N+]=NC[C@H]1O[C@@H](On2cc(I)c3c(Cl)ncnc32)[C@H](O)[C@@H]1O. The summed E-state index contributed by atoms with van der Waals surface area (Å²) in [7, 11) is 0. The van der Waals surface area contributed by atoms with Crippen molar-refractivity contribution < 1.29 is 19.8 Å². The number of fused-ring (bicyclic) bond motifs is 1. The molecule has 3 heterocycles. The highest BCUT2D eigenvalue weighted by atomic mass is 127. The van der Waals surface area contributed by atoms with Crippen molar-refractivity contribution in [1.82, 2.24) is 14.7 Å². The lowest BCUT2D eigenvalue weighted by Gasteiger charge is -2.17. The van der Waals surface area contributed by atoms with Gasteiger partial charge in [0.15, 0.2) is 5.65 Å². The second-order valence-electron chi connectivity index (χ2n) is 4.71. The van der Waals surface area contributed by atoms with Crippen LogP contribution in [0.1, 0.15) is 0 Å². The number of hydrogen-bond acceptors (Lipinski definition) is 7. The van der Waals surface area contributed by atoms with Crippen molar-refractivity contribution in [3.8, 4) is 0 Å². The van der Waals surface area contributed by atoms with Crippen molar-refractivity contribution in [2.75, 3.05) is 6.54 Å². The molecule has 3 rings (SSSR count). The summed E-state index contributed by atoms with van der Waals surface area (Å²) in [6.45, 7) is -0.119. The molecule has 0 aromatic carbocycles. The molecule has 0 saturated carbocycles. The van der Waals surface area contributed by atoms with Gasteiger partial charge in [-0.2, -0.15) is 4.73 Å². The lowest BCUT2D eigenvalue weighted by molar-refractivity contribution is -0.163. The molecule has 2 aromatic rings. The number of aliphatic hydroxyl groups is 2. The van der Waals surface area contributed by atoms with Crippen LogP contribution in [0.25, 0.3) is 21.5 Å². The van der Waals surface area contributed by atoms with Crippen LogP contribution in [-0.4, -0.2) is 56.1 Å². The zero-order valence-corrected chi connectivity index (χ0v) is 14.2. The molecule has 1 fully saturated rings. The first-order chi connectivity index (χ1) is 11.0. The van der Waals surface area contributed by atoms with Gasteiger partial charge in [-0.3, -0.25) is 0 Å². The van der Waals surface area contributed by atoms with Crippen LogP contribution in [0.5, 0.6) is 0 Å². The zero-order chi connectivity index (χ0) is 16.6. The van der Waals surface area contributed by atoms with E-state index in [1.54, 1.807) is 6.20 Å². The lowest BCUT2D eigenvalue weighted by atomic mass is 10.1. The molecule has 0 radical (unpaired) electrons. The zero-order valence-electron chi connectivity index (χ0n) is 11.3. The van der Waals surface area contributed by atoms with E-state index < -0.39 is 24.6 Å². The third-order valence-corrected chi connectivity index (χ3v) is 4.42. The molecule has 0 aliphatic carbocycles. The lowest BCUT2D eigenvalue weighted by Crippen LogP contribution is -2.38. The second kappa shape index (κ2) is 6.63. The summed E-state index contributed by atoms with van der Waals surface area (Å²) in [5.41, 5.74) is 8.72. The summed E-state index contributed by atoms with van der Waals surface area (Å²) in [4.78, 5) is 16.1. The van der Waals surface area contributed by atoms with Crippen molar-refractivity contribution in [3.63, 3.8) is 0 Å². The normalized spacial score (nSPS) is 27.1. The molecule has 0 spiro atoms. The Balaban J connectivity index is 1.85. The maximum Gasteiger partial charge on any atom is 0.254 e. The quantitative estimate of drug-likeness (QED) is 0.232. The van der Waals surface area contributed by atoms with Gasteiger partial charge in [-0.1, -0.05) is 16.7 Å². The third kappa shape index (κ3) is 3.03. The summed E-state index contributed by atoms with van der Waals surface area (Å²) < 4.78 is 7.44. The van der Waals surface area contributed by atoms with Gasteiger partial charge in [-0.05, 0) is 28.1 Å². The van der Waals surface area contributed by atoms with E-state index in [0.29, 0.717) is 11.0 Å². The molecule has 2 N–H and O–H groups in total. The van der Waals surface area contributed by atoms with Crippen LogP contribution < -0.4 is 4.84 Å². The average Bonchev–Trinajstić information content (AvgIpc) is 2.98. The van der Waals surface area contributed by atoms with Gasteiger partial charge in [-0.15, -0.1) is 0 Å². The first-order valence-corrected chi connectivity index (χ1v) is 7.85. The molecular formula is C11H10ClIN6O4. The molecule has 1 aliphatic rings. The molecule has 2 aromatic heterocycles. The fourth-order valence-electron chi connectivity index (χ4n) is 2.22. The summed E-state index contributed by atoms with van der Waals surface area (Å²) in [6, 6.07) is 0. The van der Waals surface area contributed by atoms with Crippen LogP contribution in [0.15, 0.2) is 17.6 Å². The number of aromatic nitrogens is 3. The molecule has 23 heavy (non-hydrogen) atoms. The number of nitrogens with zero attached hydrogens (tertiary/aromatic N) is 6. The van der Waals surface area contributed by atoms with Crippen LogP contribution in [0, 0.1) is 3.57 Å². The van der Waals surface area contributed by atoms with Gasteiger partial charge in [0.05, 0.1) is 24.2 Å². The van der Waals surface area contributed by atoms with Crippen molar-refractivity contribution in [2.24, 2.45) is 5.11 Å². The van der Waals surface area contributed by atoms with Crippen molar-refractivity contribution in [1.29, 1.82) is 0 Å². The molecule has 0 bridgehead atoms. The van der Waals surface area contributed by atoms with Gasteiger partial charge in [0, 0.05) is 8.48 Å². The van der Waals surface area contributed by atoms with Crippen molar-refractivity contribution in [3.05, 3.63) is 31.7 Å². The molecule has 10 nitrogen and oxygen atoms in total. The predicted octanol–water partition coefficient (Wildman–Crippen LogP) is 0.875. The highest BCUT2D eigenvalue weighted by Crippen LogP contribution is 2.27. The third-order valence-electron chi connectivity index (χ3n) is 3.32. The number of hydrogen-bond donors (Lipinski definition) is 2. The molecule has 1 saturated heterocycles. The summed E-state index contributed by atoms with van der Waals surface area (Å²) in [6.07, 6.45) is -1.65. The van der Waals surface area contributed by atoms with E-state index in [1.807, 2.05) is 22.6 Å². The molecular weight excluding hydrogens is 443 g/mol. The minimum atomic E-state index is -1.30. The Bertz CT molecular complexity index is 781. The second-order valence-corrected chi connectivity index (χ2v) is 6.23. The number of aliphatic hydroxyl groups excluding tert-OH is 2. The van der Waals surface area contributed by atoms with Crippen LogP contribution in [-0.2, 0) is 4.74 Å². The maximum absolute atomic E-state index is 10.0. The molecule has 4 atom stereocenters. The first kappa shape index (κ1) is 16.5. The van der Waals surface area contributed by atoms with Gasteiger partial charge >= 0.3 is 0 Å². The Morgan fingerprint density at radius 3 is 3.00 bits per heavy atom. The predicted molar refractivity (Wildman–Crippen MR) is 86.5 cm³/mol. The Hall–Kier alpha value is -1.37. The monoisotopic (exact) mass is 452 g/mol. The minimum Gasteiger partial charge on any atom is -0.387 e. The van der Waals surface area contributed by atoms with E-state index >= 15 is 0 Å². The minimum absolute atomic E-state index is 0.119. The Labute approximate surface area is 147 Å². The Morgan fingerprint density at radius 2 is 2.26 bits per heavy atom. The largest absolute Gasteiger partial charge is 0.387 e. The Kier molecular flexibility index (Phi) is 4.75. The average molecular weight is 453 g/mol. The van der Waals surface area contributed by atoms with Gasteiger partial charge in [-0.25, -0.2) is 9.97 Å². The highest BCUT2D eigenvalue weighted by Gasteiger charge is 2.44. The van der Waals surface area contributed by atoms with Gasteiger partial charge in [0.1, 0.15) is 23.7 Å². The van der Waals surface area contributed by atoms with Crippen LogP contribution in [0.3, 0.4) is 0 Å². The first-order valence-electron chi connectivity index (χ1n) is 6.39. The number of azide groups is 1. The van der Waals surface area contributed by atoms with E-state index in [-0.39, 0.29) is 11.7 Å². The fourth-order valence-corrected chi connectivity index (χ4v) is 3.36. The van der Waals surface area contributed by atoms with Crippen LogP contribution in [0.4, 0.5) is 0 Å². The molecule has 0 amide bonds. The maximum atomic E-state index is 10.0. The number of ether oxygens (including phenoxy) is 1. The van der Waals surface area contributed by atoms with Gasteiger partial charge in [0.2, 0.25) is 0 Å². The van der Waals surface area contributed by atoms with E-state index in [9.17, 15) is 10.2 Å². The van der Waals surface area contributed by atoms with Crippen LogP contribution in [0.2, 0.25) is 5.15 Å². The summed E-state index contributed by atoms with van der Waals surface area (Å²) >= 11 is 8.08. The van der Waals surface area contributed by atoms with Crippen molar-refractivity contribution in [2.45, 2.75) is 24.6 Å². The molecule has 12 heteroatoms. The fraction of sp³-hybridized carbons (Fsp3) is 0.455. The number of halogens is 2. The highest BCUT2D eigenvalue weighted by molar-refractivity contribution is 14.1. The van der Waals surface area contributed by atoms with E-state index in [2.05, 4.69) is 20.0 Å². The van der Waals surface area contributed by atoms with E-state index in [4.69, 9.17) is 26.7 Å².